The summed E-state index contributed by atoms with van der Waals surface area (Å²) in [6, 6.07) is 14.4. The standard InChI is InChI=1S/C25H25ClFN3O4.C2HF3O2/c26-20-14-19(15-23(16-20)34-12-10-29-22-6-8-28-9-7-22)25(33)30(11-2-5-24(31)32)17-18-3-1-4-21(27)13-18;3-2(4,5)1(6)7/h1,3-4,6-9,13-16H,2,5,10-12,17H2,(H,28,29)(H,31,32);(H,6,7). The van der Waals surface area contributed by atoms with Crippen LogP contribution in [0.2, 0.25) is 5.02 Å². The Balaban J connectivity index is 0.000000745. The molecule has 0 unspecified atom stereocenters. The molecule has 0 aliphatic rings. The number of amides is 1. The van der Waals surface area contributed by atoms with Gasteiger partial charge in [0.25, 0.3) is 5.91 Å². The van der Waals surface area contributed by atoms with Gasteiger partial charge < -0.3 is 25.2 Å². The van der Waals surface area contributed by atoms with E-state index in [1.807, 2.05) is 12.1 Å². The number of aromatic nitrogens is 1. The summed E-state index contributed by atoms with van der Waals surface area (Å²) in [6.45, 7) is 1.19. The van der Waals surface area contributed by atoms with Crippen LogP contribution in [0.3, 0.4) is 0 Å². The van der Waals surface area contributed by atoms with Crippen molar-refractivity contribution in [3.8, 4) is 5.75 Å². The van der Waals surface area contributed by atoms with Crippen LogP contribution in [0.25, 0.3) is 0 Å². The maximum absolute atomic E-state index is 13.6. The van der Waals surface area contributed by atoms with E-state index in [9.17, 15) is 27.2 Å². The summed E-state index contributed by atoms with van der Waals surface area (Å²) in [4.78, 5) is 38.6. The number of carboxylic acids is 2. The normalized spacial score (nSPS) is 10.7. The van der Waals surface area contributed by atoms with Crippen molar-refractivity contribution in [1.82, 2.24) is 9.88 Å². The molecule has 0 radical (unpaired) electrons. The number of nitrogens with zero attached hydrogens (tertiary/aromatic N) is 2. The first-order chi connectivity index (χ1) is 19.3. The Morgan fingerprint density at radius 3 is 2.32 bits per heavy atom. The fourth-order valence-corrected chi connectivity index (χ4v) is 3.54. The molecular weight excluding hydrogens is 574 g/mol. The Kier molecular flexibility index (Phi) is 12.8. The lowest BCUT2D eigenvalue weighted by Gasteiger charge is -2.23. The van der Waals surface area contributed by atoms with Gasteiger partial charge in [0, 0.05) is 54.7 Å². The van der Waals surface area contributed by atoms with E-state index in [1.165, 1.54) is 23.1 Å². The van der Waals surface area contributed by atoms with Crippen molar-refractivity contribution in [2.24, 2.45) is 0 Å². The maximum Gasteiger partial charge on any atom is 0.490 e. The van der Waals surface area contributed by atoms with Crippen molar-refractivity contribution in [2.45, 2.75) is 25.6 Å². The molecule has 3 aromatic rings. The molecule has 0 aliphatic heterocycles. The highest BCUT2D eigenvalue weighted by Gasteiger charge is 2.38. The van der Waals surface area contributed by atoms with E-state index in [1.54, 1.807) is 36.7 Å². The van der Waals surface area contributed by atoms with Crippen molar-refractivity contribution in [3.05, 3.63) is 89.0 Å². The first-order valence-corrected chi connectivity index (χ1v) is 12.4. The molecule has 41 heavy (non-hydrogen) atoms. The molecule has 0 atom stereocenters. The number of hydrogen-bond donors (Lipinski definition) is 3. The first-order valence-electron chi connectivity index (χ1n) is 12.0. The van der Waals surface area contributed by atoms with E-state index in [0.29, 0.717) is 35.1 Å². The third kappa shape index (κ3) is 12.6. The molecular formula is C27H26ClF4N3O6. The fourth-order valence-electron chi connectivity index (χ4n) is 3.32. The van der Waals surface area contributed by atoms with Gasteiger partial charge in [0.1, 0.15) is 18.2 Å². The van der Waals surface area contributed by atoms with Gasteiger partial charge in [0.15, 0.2) is 0 Å². The molecule has 0 bridgehead atoms. The number of ether oxygens (including phenoxy) is 1. The minimum absolute atomic E-state index is 0.0820. The summed E-state index contributed by atoms with van der Waals surface area (Å²) in [7, 11) is 0. The van der Waals surface area contributed by atoms with Gasteiger partial charge in [-0.2, -0.15) is 13.2 Å². The smallest absolute Gasteiger partial charge is 0.490 e. The van der Waals surface area contributed by atoms with Crippen LogP contribution < -0.4 is 10.1 Å². The van der Waals surface area contributed by atoms with E-state index in [4.69, 9.17) is 31.3 Å². The zero-order chi connectivity index (χ0) is 30.4. The van der Waals surface area contributed by atoms with Crippen LogP contribution in [0.1, 0.15) is 28.8 Å². The summed E-state index contributed by atoms with van der Waals surface area (Å²) in [5.74, 6) is -4.03. The zero-order valence-electron chi connectivity index (χ0n) is 21.4. The predicted molar refractivity (Wildman–Crippen MR) is 141 cm³/mol. The molecule has 1 aromatic heterocycles. The number of carboxylic acid groups (broad SMARTS) is 2. The van der Waals surface area contributed by atoms with Crippen molar-refractivity contribution in [1.29, 1.82) is 0 Å². The van der Waals surface area contributed by atoms with Crippen molar-refractivity contribution in [3.63, 3.8) is 0 Å². The highest BCUT2D eigenvalue weighted by molar-refractivity contribution is 6.31. The van der Waals surface area contributed by atoms with Crippen LogP contribution in [0.5, 0.6) is 5.75 Å². The highest BCUT2D eigenvalue weighted by atomic mass is 35.5. The number of halogens is 5. The van der Waals surface area contributed by atoms with E-state index >= 15 is 0 Å². The van der Waals surface area contributed by atoms with Crippen LogP contribution in [0, 0.1) is 5.82 Å². The Morgan fingerprint density at radius 1 is 1.02 bits per heavy atom. The summed E-state index contributed by atoms with van der Waals surface area (Å²) in [5.41, 5.74) is 1.82. The number of pyridine rings is 1. The van der Waals surface area contributed by atoms with Gasteiger partial charge in [-0.15, -0.1) is 0 Å². The number of benzene rings is 2. The number of anilines is 1. The Labute approximate surface area is 237 Å². The molecule has 1 heterocycles. The Bertz CT molecular complexity index is 1310. The van der Waals surface area contributed by atoms with Crippen molar-refractivity contribution in [2.75, 3.05) is 25.0 Å². The molecule has 0 spiro atoms. The molecule has 0 saturated carbocycles. The molecule has 0 fully saturated rings. The number of carbonyl (C=O) groups excluding carboxylic acids is 1. The van der Waals surface area contributed by atoms with Crippen LogP contribution in [0.4, 0.5) is 23.2 Å². The summed E-state index contributed by atoms with van der Waals surface area (Å²) in [5, 5.41) is 19.6. The number of carbonyl (C=O) groups is 3. The lowest BCUT2D eigenvalue weighted by atomic mass is 10.1. The van der Waals surface area contributed by atoms with E-state index < -0.39 is 23.9 Å². The number of hydrogen-bond acceptors (Lipinski definition) is 6. The van der Waals surface area contributed by atoms with E-state index in [-0.39, 0.29) is 31.8 Å². The lowest BCUT2D eigenvalue weighted by molar-refractivity contribution is -0.192. The van der Waals surface area contributed by atoms with E-state index in [0.717, 1.165) is 5.69 Å². The number of nitrogens with one attached hydrogen (secondary N) is 1. The van der Waals surface area contributed by atoms with Crippen LogP contribution in [-0.4, -0.2) is 63.8 Å². The fraction of sp³-hybridized carbons (Fsp3) is 0.259. The Hall–Kier alpha value is -4.39. The molecule has 14 heteroatoms. The lowest BCUT2D eigenvalue weighted by Crippen LogP contribution is -2.32. The molecule has 3 N–H and O–H groups in total. The van der Waals surface area contributed by atoms with Gasteiger partial charge in [-0.05, 0) is 54.4 Å². The number of alkyl halides is 3. The predicted octanol–water partition coefficient (Wildman–Crippen LogP) is 5.51. The summed E-state index contributed by atoms with van der Waals surface area (Å²) in [6.07, 6.45) is -1.53. The average molecular weight is 600 g/mol. The Morgan fingerprint density at radius 2 is 1.71 bits per heavy atom. The molecule has 9 nitrogen and oxygen atoms in total. The third-order valence-electron chi connectivity index (χ3n) is 5.11. The molecule has 220 valence electrons. The van der Waals surface area contributed by atoms with Gasteiger partial charge in [0.2, 0.25) is 0 Å². The first kappa shape index (κ1) is 32.8. The van der Waals surface area contributed by atoms with Crippen molar-refractivity contribution < 1.29 is 46.9 Å². The van der Waals surface area contributed by atoms with Gasteiger partial charge in [-0.1, -0.05) is 23.7 Å². The highest BCUT2D eigenvalue weighted by Crippen LogP contribution is 2.23. The third-order valence-corrected chi connectivity index (χ3v) is 5.33. The summed E-state index contributed by atoms with van der Waals surface area (Å²) < 4.78 is 51.1. The SMILES string of the molecule is O=C(O)C(F)(F)F.O=C(O)CCCN(Cc1cccc(F)c1)C(=O)c1cc(Cl)cc(OCCNc2ccncc2)c1. The molecule has 0 saturated heterocycles. The number of rotatable bonds is 12. The second kappa shape index (κ2) is 16.0. The topological polar surface area (TPSA) is 129 Å². The minimum Gasteiger partial charge on any atom is -0.492 e. The second-order valence-corrected chi connectivity index (χ2v) is 8.78. The maximum atomic E-state index is 13.6. The summed E-state index contributed by atoms with van der Waals surface area (Å²) >= 11 is 6.23. The van der Waals surface area contributed by atoms with Crippen LogP contribution >= 0.6 is 11.6 Å². The zero-order valence-corrected chi connectivity index (χ0v) is 22.2. The van der Waals surface area contributed by atoms with Gasteiger partial charge in [-0.3, -0.25) is 14.6 Å². The minimum atomic E-state index is -5.08. The average Bonchev–Trinajstić information content (AvgIpc) is 2.90. The van der Waals surface area contributed by atoms with Gasteiger partial charge in [-0.25, -0.2) is 9.18 Å². The van der Waals surface area contributed by atoms with Crippen LogP contribution in [-0.2, 0) is 16.1 Å². The van der Waals surface area contributed by atoms with E-state index in [2.05, 4.69) is 10.3 Å². The van der Waals surface area contributed by atoms with Crippen molar-refractivity contribution >= 4 is 35.1 Å². The molecule has 1 amide bonds. The largest absolute Gasteiger partial charge is 0.492 e. The number of aliphatic carboxylic acids is 2. The van der Waals surface area contributed by atoms with Gasteiger partial charge in [0.05, 0.1) is 0 Å². The quantitative estimate of drug-likeness (QED) is 0.184. The van der Waals surface area contributed by atoms with Gasteiger partial charge >= 0.3 is 18.1 Å². The molecule has 2 aromatic carbocycles. The monoisotopic (exact) mass is 599 g/mol. The molecule has 3 rings (SSSR count). The van der Waals surface area contributed by atoms with Crippen LogP contribution in [0.15, 0.2) is 67.0 Å². The second-order valence-electron chi connectivity index (χ2n) is 8.34. The molecule has 0 aliphatic carbocycles.